The quantitative estimate of drug-likeness (QED) is 0.185. The summed E-state index contributed by atoms with van der Waals surface area (Å²) in [6.45, 7) is 4.31. The molecule has 1 aliphatic heterocycles. The highest BCUT2D eigenvalue weighted by atomic mass is 15.2. The summed E-state index contributed by atoms with van der Waals surface area (Å²) in [4.78, 5) is 7.44. The number of hydrogen-bond donors (Lipinski definition) is 1. The van der Waals surface area contributed by atoms with Crippen LogP contribution in [0.4, 0.5) is 11.5 Å². The average Bonchev–Trinajstić information content (AvgIpc) is 3.46. The summed E-state index contributed by atoms with van der Waals surface area (Å²) in [6, 6.07) is 9.41. The third kappa shape index (κ3) is 5.53. The van der Waals surface area contributed by atoms with Crippen LogP contribution in [0.5, 0.6) is 0 Å². The zero-order valence-corrected chi connectivity index (χ0v) is 24.7. The maximum absolute atomic E-state index is 5.30. The van der Waals surface area contributed by atoms with Crippen molar-refractivity contribution in [1.29, 1.82) is 0 Å². The highest BCUT2D eigenvalue weighted by Crippen LogP contribution is 2.41. The average molecular weight is 545 g/mol. The Kier molecular flexibility index (Phi) is 7.67. The first-order valence-corrected chi connectivity index (χ1v) is 14.9. The van der Waals surface area contributed by atoms with E-state index in [4.69, 9.17) is 4.99 Å². The summed E-state index contributed by atoms with van der Waals surface area (Å²) < 4.78 is 4.40. The lowest BCUT2D eigenvalue weighted by Crippen LogP contribution is -2.15. The van der Waals surface area contributed by atoms with Gasteiger partial charge in [-0.05, 0) is 68.0 Å². The van der Waals surface area contributed by atoms with E-state index >= 15 is 0 Å². The number of nitrogens with zero attached hydrogens (tertiary/aromatic N) is 5. The second-order valence-corrected chi connectivity index (χ2v) is 11.3. The molecule has 2 aliphatic carbocycles. The van der Waals surface area contributed by atoms with Gasteiger partial charge in [-0.2, -0.15) is 5.10 Å². The van der Waals surface area contributed by atoms with Crippen LogP contribution in [0.25, 0.3) is 22.5 Å². The molecule has 1 N–H and O–H groups in total. The highest BCUT2D eigenvalue weighted by molar-refractivity contribution is 6.00. The number of anilines is 1. The third-order valence-electron chi connectivity index (χ3n) is 8.33. The molecule has 1 fully saturated rings. The van der Waals surface area contributed by atoms with E-state index in [1.807, 2.05) is 17.9 Å². The van der Waals surface area contributed by atoms with Gasteiger partial charge in [0.1, 0.15) is 11.7 Å². The minimum absolute atomic E-state index is 0.456. The van der Waals surface area contributed by atoms with Gasteiger partial charge in [0.15, 0.2) is 0 Å². The molecule has 0 atom stereocenters. The van der Waals surface area contributed by atoms with Crippen molar-refractivity contribution >= 4 is 28.6 Å². The first-order chi connectivity index (χ1) is 20.0. The molecule has 3 heterocycles. The van der Waals surface area contributed by atoms with Crippen LogP contribution in [-0.4, -0.2) is 32.1 Å². The van der Waals surface area contributed by atoms with Crippen molar-refractivity contribution in [2.45, 2.75) is 64.8 Å². The van der Waals surface area contributed by atoms with Gasteiger partial charge >= 0.3 is 0 Å². The maximum Gasteiger partial charge on any atom is 0.138 e. The van der Waals surface area contributed by atoms with Gasteiger partial charge in [0.25, 0.3) is 0 Å². The Bertz CT molecular complexity index is 1630. The number of aliphatic imine (C=N–C) groups is 1. The fourth-order valence-electron chi connectivity index (χ4n) is 6.14. The van der Waals surface area contributed by atoms with Gasteiger partial charge in [0.05, 0.1) is 17.6 Å². The summed E-state index contributed by atoms with van der Waals surface area (Å²) in [5, 5.41) is 8.16. The number of nitrogens with one attached hydrogen (secondary N) is 1. The molecule has 1 aromatic carbocycles. The molecule has 210 valence electrons. The second-order valence-electron chi connectivity index (χ2n) is 11.3. The Morgan fingerprint density at radius 2 is 1.95 bits per heavy atom. The minimum Gasteiger partial charge on any atom is -0.345 e. The molecule has 6 nitrogen and oxygen atoms in total. The lowest BCUT2D eigenvalue weighted by Gasteiger charge is -2.27. The normalized spacial score (nSPS) is 17.4. The summed E-state index contributed by atoms with van der Waals surface area (Å²) in [5.74, 6) is 1.96. The molecule has 6 rings (SSSR count). The van der Waals surface area contributed by atoms with Crippen molar-refractivity contribution in [3.8, 4) is 11.3 Å². The number of aryl methyl sites for hydroxylation is 2. The van der Waals surface area contributed by atoms with Crippen LogP contribution in [0.1, 0.15) is 75.1 Å². The fourth-order valence-corrected chi connectivity index (χ4v) is 6.14. The predicted molar refractivity (Wildman–Crippen MR) is 171 cm³/mol. The second kappa shape index (κ2) is 11.7. The molecule has 41 heavy (non-hydrogen) atoms. The molecule has 3 aliphatic rings. The molecule has 0 radical (unpaired) electrons. The Balaban J connectivity index is 1.38. The van der Waals surface area contributed by atoms with Gasteiger partial charge in [0, 0.05) is 54.9 Å². The molecule has 0 bridgehead atoms. The number of aromatic nitrogens is 3. The molecule has 0 spiro atoms. The Hall–Kier alpha value is -4.28. The molecular weight excluding hydrogens is 504 g/mol. The SMILES string of the molecule is CCc1cc(-c2cnn(C)c2)n(C2CCCCC2)c1/N=C(\C)Nc1ccc(C2=C=CCC=CN2C)cc1C1=CC=C1. The van der Waals surface area contributed by atoms with E-state index in [0.29, 0.717) is 6.04 Å². The largest absolute Gasteiger partial charge is 0.345 e. The van der Waals surface area contributed by atoms with Gasteiger partial charge in [-0.25, -0.2) is 4.99 Å². The zero-order chi connectivity index (χ0) is 28.3. The van der Waals surface area contributed by atoms with Crippen LogP contribution in [0.15, 0.2) is 84.0 Å². The summed E-state index contributed by atoms with van der Waals surface area (Å²) >= 11 is 0. The van der Waals surface area contributed by atoms with E-state index < -0.39 is 0 Å². The van der Waals surface area contributed by atoms with Crippen LogP contribution < -0.4 is 5.32 Å². The van der Waals surface area contributed by atoms with Crippen molar-refractivity contribution in [1.82, 2.24) is 19.2 Å². The minimum atomic E-state index is 0.456. The van der Waals surface area contributed by atoms with Gasteiger partial charge in [-0.3, -0.25) is 4.68 Å². The molecule has 0 saturated heterocycles. The lowest BCUT2D eigenvalue weighted by atomic mass is 9.94. The zero-order valence-electron chi connectivity index (χ0n) is 24.7. The van der Waals surface area contributed by atoms with Gasteiger partial charge in [-0.15, -0.1) is 0 Å². The maximum atomic E-state index is 5.30. The molecule has 2 aromatic heterocycles. The number of benzene rings is 1. The predicted octanol–water partition coefficient (Wildman–Crippen LogP) is 8.42. The summed E-state index contributed by atoms with van der Waals surface area (Å²) in [6.07, 6.45) is 25.0. The van der Waals surface area contributed by atoms with Crippen molar-refractivity contribution < 1.29 is 0 Å². The number of amidine groups is 1. The fraction of sp³-hybridized carbons (Fsp3) is 0.343. The topological polar surface area (TPSA) is 50.4 Å². The van der Waals surface area contributed by atoms with Crippen molar-refractivity contribution in [2.24, 2.45) is 12.0 Å². The Labute approximate surface area is 243 Å². The van der Waals surface area contributed by atoms with Crippen molar-refractivity contribution in [3.63, 3.8) is 0 Å². The molecular formula is C35H40N6. The number of rotatable bonds is 7. The Morgan fingerprint density at radius 1 is 1.12 bits per heavy atom. The van der Waals surface area contributed by atoms with Crippen LogP contribution >= 0.6 is 0 Å². The van der Waals surface area contributed by atoms with E-state index in [9.17, 15) is 0 Å². The van der Waals surface area contributed by atoms with Gasteiger partial charge in [-0.1, -0.05) is 62.3 Å². The molecule has 1 saturated carbocycles. The van der Waals surface area contributed by atoms with E-state index in [1.54, 1.807) is 0 Å². The van der Waals surface area contributed by atoms with Crippen LogP contribution in [0, 0.1) is 0 Å². The van der Waals surface area contributed by atoms with E-state index in [1.165, 1.54) is 54.5 Å². The standard InChI is InChI=1S/C35H40N6/c1-5-26-22-34(29-23-36-40(4)24-29)41(30-15-8-6-9-16-30)35(26)38-25(2)37-32-19-18-28(21-31(32)27-13-12-14-27)33-17-10-7-11-20-39(33)3/h10-14,18-24,30H,5-9,15-16H2,1-4H3,(H,37,38). The molecule has 0 unspecified atom stereocenters. The van der Waals surface area contributed by atoms with E-state index in [-0.39, 0.29) is 0 Å². The molecule has 3 aromatic rings. The molecule has 6 heteroatoms. The molecule has 0 amide bonds. The van der Waals surface area contributed by atoms with Crippen LogP contribution in [0.2, 0.25) is 0 Å². The van der Waals surface area contributed by atoms with Gasteiger partial charge < -0.3 is 14.8 Å². The number of hydrogen-bond acceptors (Lipinski definition) is 3. The smallest absolute Gasteiger partial charge is 0.138 e. The monoisotopic (exact) mass is 544 g/mol. The van der Waals surface area contributed by atoms with Crippen LogP contribution in [-0.2, 0) is 13.5 Å². The van der Waals surface area contributed by atoms with Crippen LogP contribution in [0.3, 0.4) is 0 Å². The summed E-state index contributed by atoms with van der Waals surface area (Å²) in [7, 11) is 4.06. The Morgan fingerprint density at radius 3 is 2.66 bits per heavy atom. The van der Waals surface area contributed by atoms with Gasteiger partial charge in [0.2, 0.25) is 0 Å². The number of allylic oxidation sites excluding steroid dienone is 6. The summed E-state index contributed by atoms with van der Waals surface area (Å²) in [5.41, 5.74) is 12.8. The third-order valence-corrected chi connectivity index (χ3v) is 8.33. The van der Waals surface area contributed by atoms with Crippen molar-refractivity contribution in [3.05, 3.63) is 95.7 Å². The van der Waals surface area contributed by atoms with Crippen molar-refractivity contribution in [2.75, 3.05) is 12.4 Å². The lowest BCUT2D eigenvalue weighted by molar-refractivity contribution is 0.358. The highest BCUT2D eigenvalue weighted by Gasteiger charge is 2.25. The van der Waals surface area contributed by atoms with E-state index in [2.05, 4.69) is 114 Å². The van der Waals surface area contributed by atoms with E-state index in [0.717, 1.165) is 47.0 Å². The first kappa shape index (κ1) is 26.9. The first-order valence-electron chi connectivity index (χ1n) is 14.9.